The van der Waals surface area contributed by atoms with Gasteiger partial charge < -0.3 is 4.90 Å². The van der Waals surface area contributed by atoms with Gasteiger partial charge in [0, 0.05) is 12.6 Å². The van der Waals surface area contributed by atoms with Crippen molar-refractivity contribution in [1.82, 2.24) is 4.90 Å². The van der Waals surface area contributed by atoms with Crippen LogP contribution in [-0.2, 0) is 0 Å². The standard InChI is InChI=1S/C11H13ClN2O2/c1-13-5-4-9(7-13)8-2-3-11(14(15)16)10(12)6-8/h2-3,6,9H,4-5,7H2,1H3. The second-order valence-electron chi connectivity index (χ2n) is 4.22. The number of likely N-dealkylation sites (tertiary alicyclic amines) is 1. The van der Waals surface area contributed by atoms with E-state index in [1.54, 1.807) is 6.07 Å². The molecule has 1 aromatic carbocycles. The Kier molecular flexibility index (Phi) is 3.12. The van der Waals surface area contributed by atoms with Crippen LogP contribution in [0.2, 0.25) is 5.02 Å². The molecule has 1 atom stereocenters. The van der Waals surface area contributed by atoms with Gasteiger partial charge in [-0.25, -0.2) is 0 Å². The van der Waals surface area contributed by atoms with Crippen molar-refractivity contribution in [2.24, 2.45) is 0 Å². The van der Waals surface area contributed by atoms with Gasteiger partial charge in [0.15, 0.2) is 0 Å². The maximum Gasteiger partial charge on any atom is 0.287 e. The molecule has 0 saturated carbocycles. The molecule has 0 spiro atoms. The summed E-state index contributed by atoms with van der Waals surface area (Å²) in [4.78, 5) is 12.4. The molecule has 1 aliphatic rings. The summed E-state index contributed by atoms with van der Waals surface area (Å²) in [5.74, 6) is 0.448. The summed E-state index contributed by atoms with van der Waals surface area (Å²) in [5.41, 5.74) is 1.08. The zero-order valence-corrected chi connectivity index (χ0v) is 9.78. The van der Waals surface area contributed by atoms with E-state index in [2.05, 4.69) is 11.9 Å². The molecule has 5 heteroatoms. The minimum Gasteiger partial charge on any atom is -0.306 e. The van der Waals surface area contributed by atoms with E-state index in [9.17, 15) is 10.1 Å². The van der Waals surface area contributed by atoms with Gasteiger partial charge in [-0.15, -0.1) is 0 Å². The summed E-state index contributed by atoms with van der Waals surface area (Å²) in [7, 11) is 2.08. The first kappa shape index (κ1) is 11.4. The van der Waals surface area contributed by atoms with Crippen molar-refractivity contribution >= 4 is 17.3 Å². The van der Waals surface area contributed by atoms with Gasteiger partial charge in [-0.2, -0.15) is 0 Å². The molecule has 1 heterocycles. The van der Waals surface area contributed by atoms with Crippen LogP contribution in [0.5, 0.6) is 0 Å². The maximum atomic E-state index is 10.6. The first-order valence-corrected chi connectivity index (χ1v) is 5.58. The lowest BCUT2D eigenvalue weighted by molar-refractivity contribution is -0.384. The highest BCUT2D eigenvalue weighted by Crippen LogP contribution is 2.32. The van der Waals surface area contributed by atoms with E-state index in [1.807, 2.05) is 6.07 Å². The molecule has 1 fully saturated rings. The van der Waals surface area contributed by atoms with Crippen LogP contribution in [0.15, 0.2) is 18.2 Å². The van der Waals surface area contributed by atoms with Crippen LogP contribution in [0.4, 0.5) is 5.69 Å². The van der Waals surface area contributed by atoms with Gasteiger partial charge in [0.05, 0.1) is 4.92 Å². The zero-order valence-electron chi connectivity index (χ0n) is 9.02. The van der Waals surface area contributed by atoms with Gasteiger partial charge in [-0.3, -0.25) is 10.1 Å². The van der Waals surface area contributed by atoms with Crippen molar-refractivity contribution < 1.29 is 4.92 Å². The largest absolute Gasteiger partial charge is 0.306 e. The minimum absolute atomic E-state index is 0.0169. The number of nitro groups is 1. The Hall–Kier alpha value is -1.13. The number of nitrogens with zero attached hydrogens (tertiary/aromatic N) is 2. The van der Waals surface area contributed by atoms with Crippen molar-refractivity contribution in [1.29, 1.82) is 0 Å². The maximum absolute atomic E-state index is 10.6. The predicted molar refractivity (Wildman–Crippen MR) is 63.0 cm³/mol. The van der Waals surface area contributed by atoms with Gasteiger partial charge >= 0.3 is 0 Å². The fourth-order valence-corrected chi connectivity index (χ4v) is 2.39. The lowest BCUT2D eigenvalue weighted by Crippen LogP contribution is -2.13. The van der Waals surface area contributed by atoms with Crippen molar-refractivity contribution in [2.75, 3.05) is 20.1 Å². The van der Waals surface area contributed by atoms with Gasteiger partial charge in [0.1, 0.15) is 5.02 Å². The quantitative estimate of drug-likeness (QED) is 0.590. The molecule has 1 unspecified atom stereocenters. The predicted octanol–water partition coefficient (Wildman–Crippen LogP) is 2.67. The molecule has 1 aromatic rings. The Bertz CT molecular complexity index is 422. The second kappa shape index (κ2) is 4.39. The lowest BCUT2D eigenvalue weighted by Gasteiger charge is -2.10. The topological polar surface area (TPSA) is 46.4 Å². The monoisotopic (exact) mass is 240 g/mol. The van der Waals surface area contributed by atoms with Crippen molar-refractivity contribution in [3.63, 3.8) is 0 Å². The molecule has 0 N–H and O–H groups in total. The van der Waals surface area contributed by atoms with E-state index >= 15 is 0 Å². The van der Waals surface area contributed by atoms with Crippen LogP contribution in [0.1, 0.15) is 17.9 Å². The van der Waals surface area contributed by atoms with E-state index in [0.29, 0.717) is 5.92 Å². The van der Waals surface area contributed by atoms with Gasteiger partial charge in [-0.1, -0.05) is 17.7 Å². The Balaban J connectivity index is 2.24. The number of halogens is 1. The van der Waals surface area contributed by atoms with Crippen molar-refractivity contribution in [2.45, 2.75) is 12.3 Å². The average molecular weight is 241 g/mol. The van der Waals surface area contributed by atoms with Gasteiger partial charge in [-0.05, 0) is 37.6 Å². The highest BCUT2D eigenvalue weighted by atomic mass is 35.5. The molecule has 0 radical (unpaired) electrons. The highest BCUT2D eigenvalue weighted by Gasteiger charge is 2.23. The van der Waals surface area contributed by atoms with Gasteiger partial charge in [0.25, 0.3) is 5.69 Å². The summed E-state index contributed by atoms with van der Waals surface area (Å²) < 4.78 is 0. The summed E-state index contributed by atoms with van der Waals surface area (Å²) in [6.45, 7) is 2.06. The first-order valence-electron chi connectivity index (χ1n) is 5.20. The van der Waals surface area contributed by atoms with Crippen LogP contribution in [0, 0.1) is 10.1 Å². The molecule has 0 bridgehead atoms. The summed E-state index contributed by atoms with van der Waals surface area (Å²) >= 11 is 5.88. The SMILES string of the molecule is CN1CCC(c2ccc([N+](=O)[O-])c(Cl)c2)C1. The van der Waals surface area contributed by atoms with Crippen LogP contribution < -0.4 is 0 Å². The number of hydrogen-bond donors (Lipinski definition) is 0. The number of hydrogen-bond acceptors (Lipinski definition) is 3. The van der Waals surface area contributed by atoms with E-state index < -0.39 is 4.92 Å². The minimum atomic E-state index is -0.452. The Morgan fingerprint density at radius 1 is 1.56 bits per heavy atom. The van der Waals surface area contributed by atoms with Crippen LogP contribution in [-0.4, -0.2) is 30.0 Å². The second-order valence-corrected chi connectivity index (χ2v) is 4.62. The normalized spacial score (nSPS) is 21.2. The molecule has 1 aliphatic heterocycles. The highest BCUT2D eigenvalue weighted by molar-refractivity contribution is 6.32. The molecule has 86 valence electrons. The zero-order chi connectivity index (χ0) is 11.7. The Labute approximate surface area is 99.0 Å². The van der Waals surface area contributed by atoms with Crippen molar-refractivity contribution in [3.8, 4) is 0 Å². The third kappa shape index (κ3) is 2.18. The average Bonchev–Trinajstić information content (AvgIpc) is 2.64. The van der Waals surface area contributed by atoms with Crippen molar-refractivity contribution in [3.05, 3.63) is 38.9 Å². The molecular formula is C11H13ClN2O2. The summed E-state index contributed by atoms with van der Waals surface area (Å²) in [5, 5.41) is 10.9. The van der Waals surface area contributed by atoms with Crippen LogP contribution >= 0.6 is 11.6 Å². The first-order chi connectivity index (χ1) is 7.58. The third-order valence-electron chi connectivity index (χ3n) is 3.03. The number of rotatable bonds is 2. The smallest absolute Gasteiger partial charge is 0.287 e. The molecular weight excluding hydrogens is 228 g/mol. The third-order valence-corrected chi connectivity index (χ3v) is 3.33. The molecule has 16 heavy (non-hydrogen) atoms. The molecule has 2 rings (SSSR count). The summed E-state index contributed by atoms with van der Waals surface area (Å²) in [6, 6.07) is 5.04. The molecule has 4 nitrogen and oxygen atoms in total. The molecule has 1 saturated heterocycles. The fraction of sp³-hybridized carbons (Fsp3) is 0.455. The number of nitro benzene ring substituents is 1. The molecule has 0 aliphatic carbocycles. The fourth-order valence-electron chi connectivity index (χ4n) is 2.13. The van der Waals surface area contributed by atoms with E-state index in [-0.39, 0.29) is 10.7 Å². The van der Waals surface area contributed by atoms with E-state index in [1.165, 1.54) is 6.07 Å². The summed E-state index contributed by atoms with van der Waals surface area (Å²) in [6.07, 6.45) is 1.09. The molecule has 0 aromatic heterocycles. The Morgan fingerprint density at radius 3 is 2.81 bits per heavy atom. The Morgan fingerprint density at radius 2 is 2.31 bits per heavy atom. The number of benzene rings is 1. The number of likely N-dealkylation sites (N-methyl/N-ethyl adjacent to an activating group) is 1. The van der Waals surface area contributed by atoms with Gasteiger partial charge in [0.2, 0.25) is 0 Å². The lowest BCUT2D eigenvalue weighted by atomic mass is 9.98. The van der Waals surface area contributed by atoms with E-state index in [0.717, 1.165) is 25.1 Å². The van der Waals surface area contributed by atoms with E-state index in [4.69, 9.17) is 11.6 Å². The van der Waals surface area contributed by atoms with Crippen LogP contribution in [0.3, 0.4) is 0 Å². The van der Waals surface area contributed by atoms with Crippen LogP contribution in [0.25, 0.3) is 0 Å². The molecule has 0 amide bonds.